The molecule has 7 heteroatoms. The number of thiophene rings is 1. The highest BCUT2D eigenvalue weighted by Gasteiger charge is 2.26. The van der Waals surface area contributed by atoms with Crippen molar-refractivity contribution in [1.29, 1.82) is 0 Å². The fourth-order valence-electron chi connectivity index (χ4n) is 12.8. The molecule has 1 atom stereocenters. The predicted molar refractivity (Wildman–Crippen MR) is 337 cm³/mol. The number of rotatable bonds is 7. The molecule has 1 aliphatic rings. The second-order valence-electron chi connectivity index (χ2n) is 21.0. The van der Waals surface area contributed by atoms with Crippen LogP contribution in [0, 0.1) is 0 Å². The SMILES string of the molecule is c1ccc(-n2c3ccccc3c3cc(C4=NC(c5ccc(-n6c7ccccc7c7cc8ccccc8cc76)c(-c6ccc7sc8ccccc8c7c6)c5)=NC(c5ccc6c(c5)c5ccccc5n6-c5ccccc5)N4)ccc32)cc1. The molecule has 1 N–H and O–H groups in total. The molecule has 0 aliphatic carbocycles. The van der Waals surface area contributed by atoms with Gasteiger partial charge in [-0.05, 0) is 143 Å². The number of amidine groups is 2. The largest absolute Gasteiger partial charge is 0.344 e. The molecule has 80 heavy (non-hydrogen) atoms. The zero-order valence-corrected chi connectivity index (χ0v) is 43.9. The number of nitrogens with zero attached hydrogens (tertiary/aromatic N) is 5. The molecular weight excluding hydrogens is 993 g/mol. The zero-order chi connectivity index (χ0) is 52.4. The standard InChI is InChI=1S/C73H46N6S/c1-3-19-51(20-4-1)77-62-27-13-9-23-53(62)58-42-49(32-36-66(58)77)72-74-71(75-73(76-72)50-33-37-67-59(43-50)54-24-10-14-28-63(54)78(67)52-21-5-2-6-22-52)48-31-35-65(57(41-48)47-34-38-70-61(40-47)56-26-12-16-30-69(56)80-70)79-64-29-15-11-25-55(64)60-39-45-17-7-8-18-46(45)44-68(60)79/h1-44,72H,(H,74,75,76). The van der Waals surface area contributed by atoms with E-state index in [0.29, 0.717) is 5.84 Å². The van der Waals surface area contributed by atoms with Gasteiger partial charge in [0.15, 0.2) is 5.84 Å². The normalized spacial score (nSPS) is 13.9. The highest BCUT2D eigenvalue weighted by molar-refractivity contribution is 7.25. The van der Waals surface area contributed by atoms with Crippen LogP contribution in [0.2, 0.25) is 0 Å². The van der Waals surface area contributed by atoms with Gasteiger partial charge in [0.25, 0.3) is 0 Å². The first-order valence-electron chi connectivity index (χ1n) is 27.2. The third-order valence-electron chi connectivity index (χ3n) is 16.5. The Kier molecular flexibility index (Phi) is 9.84. The summed E-state index contributed by atoms with van der Waals surface area (Å²) in [6, 6.07) is 97.1. The van der Waals surface area contributed by atoms with Crippen molar-refractivity contribution in [1.82, 2.24) is 19.0 Å². The lowest BCUT2D eigenvalue weighted by Crippen LogP contribution is -2.33. The van der Waals surface area contributed by atoms with Crippen molar-refractivity contribution in [3.05, 3.63) is 284 Å². The maximum atomic E-state index is 5.65. The van der Waals surface area contributed by atoms with E-state index >= 15 is 0 Å². The summed E-state index contributed by atoms with van der Waals surface area (Å²) in [6.07, 6.45) is -0.468. The van der Waals surface area contributed by atoms with Crippen molar-refractivity contribution in [2.45, 2.75) is 6.17 Å². The molecular formula is C73H46N6S. The van der Waals surface area contributed by atoms with E-state index in [-0.39, 0.29) is 0 Å². The number of fused-ring (bicyclic) bond motifs is 13. The lowest BCUT2D eigenvalue weighted by Gasteiger charge is -2.24. The van der Waals surface area contributed by atoms with Crippen LogP contribution in [-0.2, 0) is 0 Å². The van der Waals surface area contributed by atoms with E-state index in [1.165, 1.54) is 57.9 Å². The first-order chi connectivity index (χ1) is 39.6. The van der Waals surface area contributed by atoms with Crippen molar-refractivity contribution in [2.24, 2.45) is 9.98 Å². The first kappa shape index (κ1) is 44.8. The number of benzene rings is 12. The number of aromatic nitrogens is 3. The Hall–Kier alpha value is -10.3. The van der Waals surface area contributed by atoms with E-state index < -0.39 is 6.17 Å². The van der Waals surface area contributed by atoms with Crippen molar-refractivity contribution in [2.75, 3.05) is 0 Å². The van der Waals surface area contributed by atoms with Crippen LogP contribution < -0.4 is 5.32 Å². The van der Waals surface area contributed by atoms with Gasteiger partial charge in [-0.15, -0.1) is 11.3 Å². The molecule has 0 saturated heterocycles. The number of aliphatic imine (C=N–C) groups is 2. The summed E-state index contributed by atoms with van der Waals surface area (Å²) >= 11 is 1.85. The highest BCUT2D eigenvalue weighted by Crippen LogP contribution is 2.43. The Balaban J connectivity index is 0.898. The molecule has 0 radical (unpaired) electrons. The van der Waals surface area contributed by atoms with Crippen LogP contribution >= 0.6 is 11.3 Å². The Bertz CT molecular complexity index is 5290. The average Bonchev–Trinajstić information content (AvgIpc) is 4.46. The molecule has 16 aromatic rings. The van der Waals surface area contributed by atoms with Crippen molar-refractivity contribution < 1.29 is 0 Å². The first-order valence-corrected chi connectivity index (χ1v) is 28.1. The number of nitrogens with one attached hydrogen (secondary N) is 1. The summed E-state index contributed by atoms with van der Waals surface area (Å²) in [5.41, 5.74) is 15.4. The summed E-state index contributed by atoms with van der Waals surface area (Å²) < 4.78 is 9.75. The molecule has 4 aromatic heterocycles. The van der Waals surface area contributed by atoms with Crippen LogP contribution in [0.15, 0.2) is 277 Å². The van der Waals surface area contributed by atoms with Crippen molar-refractivity contribution in [3.8, 4) is 28.2 Å². The molecule has 0 spiro atoms. The fourth-order valence-corrected chi connectivity index (χ4v) is 13.9. The number of para-hydroxylation sites is 5. The zero-order valence-electron chi connectivity index (χ0n) is 43.1. The molecule has 5 heterocycles. The Morgan fingerprint density at radius 2 is 0.850 bits per heavy atom. The maximum absolute atomic E-state index is 5.65. The van der Waals surface area contributed by atoms with E-state index in [4.69, 9.17) is 9.98 Å². The van der Waals surface area contributed by atoms with Gasteiger partial charge in [0.2, 0.25) is 0 Å². The monoisotopic (exact) mass is 1040 g/mol. The van der Waals surface area contributed by atoms with Gasteiger partial charge >= 0.3 is 0 Å². The van der Waals surface area contributed by atoms with Crippen LogP contribution in [0.3, 0.4) is 0 Å². The molecule has 17 rings (SSSR count). The maximum Gasteiger partial charge on any atom is 0.159 e. The highest BCUT2D eigenvalue weighted by atomic mass is 32.1. The van der Waals surface area contributed by atoms with Gasteiger partial charge in [0, 0.05) is 80.6 Å². The minimum atomic E-state index is -0.468. The topological polar surface area (TPSA) is 51.5 Å². The van der Waals surface area contributed by atoms with E-state index in [2.05, 4.69) is 286 Å². The summed E-state index contributed by atoms with van der Waals surface area (Å²) in [5, 5.41) is 16.0. The predicted octanol–water partition coefficient (Wildman–Crippen LogP) is 18.7. The van der Waals surface area contributed by atoms with E-state index in [9.17, 15) is 0 Å². The number of hydrogen-bond acceptors (Lipinski definition) is 4. The summed E-state index contributed by atoms with van der Waals surface area (Å²) in [5.74, 6) is 1.42. The van der Waals surface area contributed by atoms with E-state index in [0.717, 1.165) is 89.2 Å². The molecule has 1 aliphatic heterocycles. The van der Waals surface area contributed by atoms with Crippen LogP contribution in [0.5, 0.6) is 0 Å². The lowest BCUT2D eigenvalue weighted by molar-refractivity contribution is 0.675. The summed E-state index contributed by atoms with van der Waals surface area (Å²) in [4.78, 5) is 11.2. The summed E-state index contributed by atoms with van der Waals surface area (Å²) in [7, 11) is 0. The van der Waals surface area contributed by atoms with Gasteiger partial charge in [0.05, 0.1) is 38.8 Å². The van der Waals surface area contributed by atoms with Crippen LogP contribution in [0.1, 0.15) is 22.9 Å². The van der Waals surface area contributed by atoms with Gasteiger partial charge in [0.1, 0.15) is 12.0 Å². The van der Waals surface area contributed by atoms with Crippen molar-refractivity contribution >= 4 is 119 Å². The molecule has 1 unspecified atom stereocenters. The lowest BCUT2D eigenvalue weighted by atomic mass is 9.97. The summed E-state index contributed by atoms with van der Waals surface area (Å²) in [6.45, 7) is 0. The Morgan fingerprint density at radius 1 is 0.338 bits per heavy atom. The van der Waals surface area contributed by atoms with E-state index in [1.54, 1.807) is 0 Å². The quantitative estimate of drug-likeness (QED) is 0.170. The third kappa shape index (κ3) is 6.91. The number of hydrogen-bond donors (Lipinski definition) is 1. The molecule has 0 fully saturated rings. The van der Waals surface area contributed by atoms with Gasteiger partial charge in [-0.25, -0.2) is 9.98 Å². The molecule has 374 valence electrons. The van der Waals surface area contributed by atoms with Crippen LogP contribution in [-0.4, -0.2) is 25.4 Å². The molecule has 6 nitrogen and oxygen atoms in total. The second kappa shape index (κ2) is 17.6. The Labute approximate surface area is 463 Å². The van der Waals surface area contributed by atoms with Gasteiger partial charge in [-0.2, -0.15) is 0 Å². The van der Waals surface area contributed by atoms with Crippen molar-refractivity contribution in [3.63, 3.8) is 0 Å². The Morgan fingerprint density at radius 3 is 1.55 bits per heavy atom. The minimum absolute atomic E-state index is 0.468. The average molecular weight is 1040 g/mol. The van der Waals surface area contributed by atoms with Gasteiger partial charge in [-0.1, -0.05) is 146 Å². The fraction of sp³-hybridized carbons (Fsp3) is 0.0137. The van der Waals surface area contributed by atoms with E-state index in [1.807, 2.05) is 11.3 Å². The van der Waals surface area contributed by atoms with Crippen LogP contribution in [0.25, 0.3) is 125 Å². The molecule has 0 amide bonds. The second-order valence-corrected chi connectivity index (χ2v) is 22.0. The smallest absolute Gasteiger partial charge is 0.159 e. The van der Waals surface area contributed by atoms with Gasteiger partial charge < -0.3 is 19.0 Å². The van der Waals surface area contributed by atoms with Gasteiger partial charge in [-0.3, -0.25) is 0 Å². The minimum Gasteiger partial charge on any atom is -0.344 e. The van der Waals surface area contributed by atoms with Crippen LogP contribution in [0.4, 0.5) is 0 Å². The molecule has 0 saturated carbocycles. The third-order valence-corrected chi connectivity index (χ3v) is 17.6. The molecule has 12 aromatic carbocycles. The molecule has 0 bridgehead atoms.